The third kappa shape index (κ3) is 5.11. The molecule has 0 radical (unpaired) electrons. The van der Waals surface area contributed by atoms with Crippen molar-refractivity contribution in [3.8, 4) is 0 Å². The van der Waals surface area contributed by atoms with Crippen molar-refractivity contribution >= 4 is 26.1 Å². The maximum atomic E-state index is 13.1. The van der Waals surface area contributed by atoms with Gasteiger partial charge in [-0.25, -0.2) is 8.42 Å². The Morgan fingerprint density at radius 3 is 2.13 bits per heavy atom. The zero-order chi connectivity index (χ0) is 22.8. The van der Waals surface area contributed by atoms with Crippen molar-refractivity contribution in [2.45, 2.75) is 43.0 Å². The molecule has 11 heteroatoms. The quantitative estimate of drug-likeness (QED) is 0.620. The highest BCUT2D eigenvalue weighted by Crippen LogP contribution is 2.27. The zero-order valence-electron chi connectivity index (χ0n) is 18.4. The van der Waals surface area contributed by atoms with Crippen molar-refractivity contribution in [1.82, 2.24) is 17.8 Å². The van der Waals surface area contributed by atoms with E-state index in [2.05, 4.69) is 0 Å². The summed E-state index contributed by atoms with van der Waals surface area (Å²) in [4.78, 5) is 14.7. The number of amides is 1. The monoisotopic (exact) mass is 472 g/mol. The average Bonchev–Trinajstić information content (AvgIpc) is 2.78. The number of rotatable bonds is 6. The molecule has 31 heavy (non-hydrogen) atoms. The predicted molar refractivity (Wildman–Crippen MR) is 118 cm³/mol. The Morgan fingerprint density at radius 1 is 0.935 bits per heavy atom. The molecule has 0 bridgehead atoms. The number of carbonyl (C=O) groups is 1. The Labute approximate surface area is 185 Å². The van der Waals surface area contributed by atoms with Crippen LogP contribution in [0.25, 0.3) is 0 Å². The molecule has 3 rings (SSSR count). The summed E-state index contributed by atoms with van der Waals surface area (Å²) in [5.41, 5.74) is 0.294. The minimum Gasteiger partial charge on any atom is -0.336 e. The maximum absolute atomic E-state index is 13.1. The van der Waals surface area contributed by atoms with Gasteiger partial charge in [0.15, 0.2) is 0 Å². The summed E-state index contributed by atoms with van der Waals surface area (Å²) in [5.74, 6) is -0.292. The van der Waals surface area contributed by atoms with Gasteiger partial charge in [0.2, 0.25) is 10.0 Å². The number of nitrogens with zero attached hydrogens (tertiary/aromatic N) is 4. The summed E-state index contributed by atoms with van der Waals surface area (Å²) < 4.78 is 54.7. The molecule has 0 aromatic heterocycles. The SMILES string of the molecule is CN(C1CCCCC1)S(=O)(=O)c1cccc(C(=O)N2CCN(S(=O)(=O)N(C)C)CC2)c1. The standard InChI is InChI=1S/C20H32N4O5S2/c1-21(2)31(28,29)24-14-12-23(13-15-24)20(25)17-8-7-11-19(16-17)30(26,27)22(3)18-9-5-4-6-10-18/h7-8,11,16,18H,4-6,9-10,12-15H2,1-3H3. The Kier molecular flexibility index (Phi) is 7.42. The first-order chi connectivity index (χ1) is 14.5. The van der Waals surface area contributed by atoms with Crippen LogP contribution in [0.2, 0.25) is 0 Å². The minimum atomic E-state index is -3.69. The van der Waals surface area contributed by atoms with Crippen LogP contribution in [0.3, 0.4) is 0 Å². The van der Waals surface area contributed by atoms with Gasteiger partial charge in [0.05, 0.1) is 4.90 Å². The molecule has 1 saturated carbocycles. The smallest absolute Gasteiger partial charge is 0.281 e. The molecule has 1 aromatic carbocycles. The van der Waals surface area contributed by atoms with Crippen LogP contribution < -0.4 is 0 Å². The Balaban J connectivity index is 1.72. The molecule has 1 aliphatic heterocycles. The van der Waals surface area contributed by atoms with Gasteiger partial charge in [0.25, 0.3) is 16.1 Å². The summed E-state index contributed by atoms with van der Waals surface area (Å²) in [6.07, 6.45) is 4.90. The van der Waals surface area contributed by atoms with E-state index in [0.29, 0.717) is 5.56 Å². The second-order valence-corrected chi connectivity index (χ2v) is 12.5. The van der Waals surface area contributed by atoms with E-state index in [1.54, 1.807) is 24.1 Å². The summed E-state index contributed by atoms with van der Waals surface area (Å²) in [6.45, 7) is 0.916. The van der Waals surface area contributed by atoms with Crippen molar-refractivity contribution in [3.63, 3.8) is 0 Å². The molecule has 9 nitrogen and oxygen atoms in total. The Bertz CT molecular complexity index is 996. The van der Waals surface area contributed by atoms with E-state index in [1.807, 2.05) is 0 Å². The van der Waals surface area contributed by atoms with Crippen molar-refractivity contribution in [1.29, 1.82) is 0 Å². The normalized spacial score (nSPS) is 19.8. The lowest BCUT2D eigenvalue weighted by molar-refractivity contribution is 0.0695. The fourth-order valence-electron chi connectivity index (χ4n) is 4.13. The van der Waals surface area contributed by atoms with Crippen LogP contribution in [0.15, 0.2) is 29.2 Å². The van der Waals surface area contributed by atoms with Gasteiger partial charge in [0, 0.05) is 58.9 Å². The molecule has 1 heterocycles. The van der Waals surface area contributed by atoms with Gasteiger partial charge in [0.1, 0.15) is 0 Å². The Hall–Kier alpha value is -1.53. The predicted octanol–water partition coefficient (Wildman–Crippen LogP) is 1.20. The number of hydrogen-bond acceptors (Lipinski definition) is 5. The fraction of sp³-hybridized carbons (Fsp3) is 0.650. The van der Waals surface area contributed by atoms with Crippen LogP contribution >= 0.6 is 0 Å². The summed E-state index contributed by atoms with van der Waals surface area (Å²) in [7, 11) is -2.64. The fourth-order valence-corrected chi connectivity index (χ4v) is 6.68. The first-order valence-corrected chi connectivity index (χ1v) is 13.4. The van der Waals surface area contributed by atoms with Crippen LogP contribution in [0.4, 0.5) is 0 Å². The lowest BCUT2D eigenvalue weighted by atomic mass is 9.96. The first kappa shape index (κ1) is 24.1. The molecule has 1 saturated heterocycles. The molecule has 1 aliphatic carbocycles. The highest BCUT2D eigenvalue weighted by molar-refractivity contribution is 7.89. The maximum Gasteiger partial charge on any atom is 0.281 e. The van der Waals surface area contributed by atoms with Gasteiger partial charge in [-0.05, 0) is 31.0 Å². The van der Waals surface area contributed by atoms with Crippen LogP contribution in [0.1, 0.15) is 42.5 Å². The highest BCUT2D eigenvalue weighted by Gasteiger charge is 2.32. The topological polar surface area (TPSA) is 98.3 Å². The van der Waals surface area contributed by atoms with Crippen molar-refractivity contribution < 1.29 is 21.6 Å². The van der Waals surface area contributed by atoms with Gasteiger partial charge in [-0.1, -0.05) is 25.3 Å². The zero-order valence-corrected chi connectivity index (χ0v) is 20.0. The van der Waals surface area contributed by atoms with Crippen LogP contribution in [-0.4, -0.2) is 93.9 Å². The van der Waals surface area contributed by atoms with E-state index in [9.17, 15) is 21.6 Å². The van der Waals surface area contributed by atoms with Crippen LogP contribution in [0.5, 0.6) is 0 Å². The van der Waals surface area contributed by atoms with Crippen LogP contribution in [-0.2, 0) is 20.2 Å². The minimum absolute atomic E-state index is 0.00942. The third-order valence-corrected chi connectivity index (χ3v) is 10.0. The molecule has 0 N–H and O–H groups in total. The molecule has 0 atom stereocenters. The average molecular weight is 473 g/mol. The lowest BCUT2D eigenvalue weighted by Gasteiger charge is -2.35. The Morgan fingerprint density at radius 2 is 1.55 bits per heavy atom. The van der Waals surface area contributed by atoms with Crippen molar-refractivity contribution in [3.05, 3.63) is 29.8 Å². The van der Waals surface area contributed by atoms with E-state index in [0.717, 1.165) is 36.4 Å². The summed E-state index contributed by atoms with van der Waals surface area (Å²) in [6, 6.07) is 6.13. The van der Waals surface area contributed by atoms with E-state index in [1.165, 1.54) is 34.8 Å². The number of hydrogen-bond donors (Lipinski definition) is 0. The van der Waals surface area contributed by atoms with E-state index >= 15 is 0 Å². The molecule has 0 unspecified atom stereocenters. The molecule has 174 valence electrons. The summed E-state index contributed by atoms with van der Waals surface area (Å²) >= 11 is 0. The number of piperazine rings is 1. The van der Waals surface area contributed by atoms with Crippen molar-refractivity contribution in [2.75, 3.05) is 47.3 Å². The molecule has 2 aliphatic rings. The van der Waals surface area contributed by atoms with Gasteiger partial charge in [-0.3, -0.25) is 4.79 Å². The number of carbonyl (C=O) groups excluding carboxylic acids is 1. The van der Waals surface area contributed by atoms with Gasteiger partial charge >= 0.3 is 0 Å². The highest BCUT2D eigenvalue weighted by atomic mass is 32.2. The van der Waals surface area contributed by atoms with Gasteiger partial charge in [-0.2, -0.15) is 21.3 Å². The number of sulfonamides is 1. The molecule has 0 spiro atoms. The largest absolute Gasteiger partial charge is 0.336 e. The first-order valence-electron chi connectivity index (χ1n) is 10.6. The van der Waals surface area contributed by atoms with Crippen LogP contribution in [0, 0.1) is 0 Å². The third-order valence-electron chi connectivity index (χ3n) is 6.16. The molecular formula is C20H32N4O5S2. The van der Waals surface area contributed by atoms with Gasteiger partial charge < -0.3 is 4.90 Å². The van der Waals surface area contributed by atoms with E-state index in [-0.39, 0.29) is 43.0 Å². The molecule has 2 fully saturated rings. The van der Waals surface area contributed by atoms with Crippen molar-refractivity contribution in [2.24, 2.45) is 0 Å². The van der Waals surface area contributed by atoms with E-state index in [4.69, 9.17) is 0 Å². The van der Waals surface area contributed by atoms with Gasteiger partial charge in [-0.15, -0.1) is 0 Å². The lowest BCUT2D eigenvalue weighted by Crippen LogP contribution is -2.53. The second kappa shape index (κ2) is 9.53. The molecule has 1 aromatic rings. The molecule has 1 amide bonds. The van der Waals surface area contributed by atoms with E-state index < -0.39 is 20.2 Å². The number of benzene rings is 1. The second-order valence-electron chi connectivity index (χ2n) is 8.32. The summed E-state index contributed by atoms with van der Waals surface area (Å²) in [5, 5.41) is 0. The molecular weight excluding hydrogens is 440 g/mol.